The minimum atomic E-state index is -0.277. The van der Waals surface area contributed by atoms with Crippen molar-refractivity contribution < 1.29 is 23.8 Å². The van der Waals surface area contributed by atoms with Gasteiger partial charge in [0.05, 0.1) is 13.7 Å². The fourth-order valence-electron chi connectivity index (χ4n) is 2.60. The Labute approximate surface area is 165 Å². The van der Waals surface area contributed by atoms with Gasteiger partial charge in [0.1, 0.15) is 5.75 Å². The maximum Gasteiger partial charge on any atom is 0.258 e. The van der Waals surface area contributed by atoms with E-state index in [1.807, 2.05) is 37.3 Å². The van der Waals surface area contributed by atoms with Crippen LogP contribution >= 0.6 is 0 Å². The zero-order valence-electron chi connectivity index (χ0n) is 16.4. The molecule has 0 aliphatic rings. The molecular formula is C21H26N2O5. The Morgan fingerprint density at radius 2 is 1.68 bits per heavy atom. The summed E-state index contributed by atoms with van der Waals surface area (Å²) < 4.78 is 16.1. The number of rotatable bonds is 10. The molecule has 0 aliphatic heterocycles. The van der Waals surface area contributed by atoms with E-state index in [4.69, 9.17) is 14.2 Å². The van der Waals surface area contributed by atoms with E-state index in [2.05, 4.69) is 5.32 Å². The second-order valence-electron chi connectivity index (χ2n) is 5.89. The average molecular weight is 386 g/mol. The largest absolute Gasteiger partial charge is 0.494 e. The van der Waals surface area contributed by atoms with Crippen LogP contribution in [0, 0.1) is 0 Å². The number of anilines is 1. The molecule has 0 aliphatic carbocycles. The Morgan fingerprint density at radius 1 is 1.00 bits per heavy atom. The molecule has 2 rings (SSSR count). The SMILES string of the molecule is CCOc1ccc(N(CCNC(=O)COc2ccccc2OC)C(C)=O)cc1. The van der Waals surface area contributed by atoms with E-state index >= 15 is 0 Å². The van der Waals surface area contributed by atoms with Crippen LogP contribution in [0.4, 0.5) is 5.69 Å². The number of nitrogens with zero attached hydrogens (tertiary/aromatic N) is 1. The molecule has 0 bridgehead atoms. The molecule has 0 saturated carbocycles. The van der Waals surface area contributed by atoms with Crippen molar-refractivity contribution in [2.75, 3.05) is 38.3 Å². The Bertz CT molecular complexity index is 777. The molecule has 7 nitrogen and oxygen atoms in total. The summed E-state index contributed by atoms with van der Waals surface area (Å²) in [5.74, 6) is 1.43. The Kier molecular flexibility index (Phi) is 8.14. The molecule has 0 heterocycles. The molecule has 150 valence electrons. The lowest BCUT2D eigenvalue weighted by atomic mass is 10.2. The molecule has 2 aromatic rings. The number of nitrogens with one attached hydrogen (secondary N) is 1. The van der Waals surface area contributed by atoms with E-state index < -0.39 is 0 Å². The van der Waals surface area contributed by atoms with E-state index in [0.717, 1.165) is 11.4 Å². The Hall–Kier alpha value is -3.22. The van der Waals surface area contributed by atoms with Gasteiger partial charge in [0, 0.05) is 25.7 Å². The molecule has 0 spiro atoms. The summed E-state index contributed by atoms with van der Waals surface area (Å²) in [5.41, 5.74) is 0.746. The molecule has 0 aromatic heterocycles. The summed E-state index contributed by atoms with van der Waals surface area (Å²) in [4.78, 5) is 25.6. The van der Waals surface area contributed by atoms with E-state index in [9.17, 15) is 9.59 Å². The fraction of sp³-hybridized carbons (Fsp3) is 0.333. The van der Waals surface area contributed by atoms with Gasteiger partial charge < -0.3 is 24.4 Å². The first kappa shape index (κ1) is 21.1. The van der Waals surface area contributed by atoms with Crippen molar-refractivity contribution in [2.24, 2.45) is 0 Å². The van der Waals surface area contributed by atoms with Gasteiger partial charge in [-0.1, -0.05) is 12.1 Å². The van der Waals surface area contributed by atoms with Crippen molar-refractivity contribution in [1.82, 2.24) is 5.32 Å². The van der Waals surface area contributed by atoms with E-state index in [1.165, 1.54) is 6.92 Å². The van der Waals surface area contributed by atoms with Crippen molar-refractivity contribution in [3.8, 4) is 17.2 Å². The molecule has 0 atom stereocenters. The lowest BCUT2D eigenvalue weighted by molar-refractivity contribution is -0.123. The van der Waals surface area contributed by atoms with Gasteiger partial charge in [-0.05, 0) is 43.3 Å². The lowest BCUT2D eigenvalue weighted by Gasteiger charge is -2.21. The highest BCUT2D eigenvalue weighted by Gasteiger charge is 2.12. The topological polar surface area (TPSA) is 77.1 Å². The van der Waals surface area contributed by atoms with Crippen LogP contribution in [0.2, 0.25) is 0 Å². The highest BCUT2D eigenvalue weighted by Crippen LogP contribution is 2.25. The van der Waals surface area contributed by atoms with Crippen LogP contribution in [-0.2, 0) is 9.59 Å². The van der Waals surface area contributed by atoms with Gasteiger partial charge in [0.15, 0.2) is 18.1 Å². The molecule has 1 N–H and O–H groups in total. The van der Waals surface area contributed by atoms with Gasteiger partial charge in [-0.3, -0.25) is 9.59 Å². The summed E-state index contributed by atoms with van der Waals surface area (Å²) >= 11 is 0. The van der Waals surface area contributed by atoms with Crippen molar-refractivity contribution >= 4 is 17.5 Å². The maximum atomic E-state index is 12.0. The van der Waals surface area contributed by atoms with Gasteiger partial charge in [0.2, 0.25) is 5.91 Å². The summed E-state index contributed by atoms with van der Waals surface area (Å²) in [6.07, 6.45) is 0. The molecule has 0 saturated heterocycles. The maximum absolute atomic E-state index is 12.0. The summed E-state index contributed by atoms with van der Waals surface area (Å²) in [7, 11) is 1.54. The van der Waals surface area contributed by atoms with Crippen LogP contribution in [0.1, 0.15) is 13.8 Å². The lowest BCUT2D eigenvalue weighted by Crippen LogP contribution is -2.39. The predicted octanol–water partition coefficient (Wildman–Crippen LogP) is 2.64. The minimum absolute atomic E-state index is 0.108. The van der Waals surface area contributed by atoms with Gasteiger partial charge >= 0.3 is 0 Å². The standard InChI is InChI=1S/C21H26N2O5/c1-4-27-18-11-9-17(10-12-18)23(16(2)24)14-13-22-21(25)15-28-20-8-6-5-7-19(20)26-3/h5-12H,4,13-15H2,1-3H3,(H,22,25). The zero-order chi connectivity index (χ0) is 20.4. The number of carbonyl (C=O) groups is 2. The minimum Gasteiger partial charge on any atom is -0.494 e. The van der Waals surface area contributed by atoms with Crippen molar-refractivity contribution in [3.05, 3.63) is 48.5 Å². The first-order chi connectivity index (χ1) is 13.5. The van der Waals surface area contributed by atoms with Crippen LogP contribution in [0.25, 0.3) is 0 Å². The van der Waals surface area contributed by atoms with Crippen LogP contribution in [0.15, 0.2) is 48.5 Å². The molecule has 7 heteroatoms. The Balaban J connectivity index is 1.83. The van der Waals surface area contributed by atoms with E-state index in [0.29, 0.717) is 31.2 Å². The quantitative estimate of drug-likeness (QED) is 0.679. The highest BCUT2D eigenvalue weighted by atomic mass is 16.5. The number of para-hydroxylation sites is 2. The van der Waals surface area contributed by atoms with Crippen LogP contribution in [0.5, 0.6) is 17.2 Å². The van der Waals surface area contributed by atoms with E-state index in [1.54, 1.807) is 30.2 Å². The molecule has 2 amide bonds. The third-order valence-corrected chi connectivity index (χ3v) is 3.92. The smallest absolute Gasteiger partial charge is 0.258 e. The van der Waals surface area contributed by atoms with Gasteiger partial charge in [0.25, 0.3) is 5.91 Å². The summed E-state index contributed by atoms with van der Waals surface area (Å²) in [5, 5.41) is 2.75. The van der Waals surface area contributed by atoms with Crippen molar-refractivity contribution in [1.29, 1.82) is 0 Å². The van der Waals surface area contributed by atoms with Crippen LogP contribution < -0.4 is 24.4 Å². The number of methoxy groups -OCH3 is 1. The fourth-order valence-corrected chi connectivity index (χ4v) is 2.60. The third kappa shape index (κ3) is 6.19. The third-order valence-electron chi connectivity index (χ3n) is 3.92. The first-order valence-corrected chi connectivity index (χ1v) is 9.08. The van der Waals surface area contributed by atoms with Gasteiger partial charge in [-0.15, -0.1) is 0 Å². The number of benzene rings is 2. The van der Waals surface area contributed by atoms with Crippen molar-refractivity contribution in [2.45, 2.75) is 13.8 Å². The van der Waals surface area contributed by atoms with Gasteiger partial charge in [-0.2, -0.15) is 0 Å². The predicted molar refractivity (Wildman–Crippen MR) is 107 cm³/mol. The average Bonchev–Trinajstić information content (AvgIpc) is 2.70. The second kappa shape index (κ2) is 10.8. The Morgan fingerprint density at radius 3 is 2.29 bits per heavy atom. The number of hydrogen-bond acceptors (Lipinski definition) is 5. The zero-order valence-corrected chi connectivity index (χ0v) is 16.4. The first-order valence-electron chi connectivity index (χ1n) is 9.08. The summed E-state index contributed by atoms with van der Waals surface area (Å²) in [6, 6.07) is 14.4. The number of carbonyl (C=O) groups excluding carboxylic acids is 2. The monoisotopic (exact) mass is 386 g/mol. The molecule has 28 heavy (non-hydrogen) atoms. The van der Waals surface area contributed by atoms with Crippen molar-refractivity contribution in [3.63, 3.8) is 0 Å². The molecule has 0 unspecified atom stereocenters. The normalized spacial score (nSPS) is 10.1. The molecule has 0 fully saturated rings. The van der Waals surface area contributed by atoms with Crippen LogP contribution in [-0.4, -0.2) is 45.2 Å². The molecule has 2 aromatic carbocycles. The number of ether oxygens (including phenoxy) is 3. The number of hydrogen-bond donors (Lipinski definition) is 1. The summed E-state index contributed by atoms with van der Waals surface area (Å²) in [6.45, 7) is 4.51. The van der Waals surface area contributed by atoms with Gasteiger partial charge in [-0.25, -0.2) is 0 Å². The molecule has 0 radical (unpaired) electrons. The second-order valence-corrected chi connectivity index (χ2v) is 5.89. The molecular weight excluding hydrogens is 360 g/mol. The van der Waals surface area contributed by atoms with E-state index in [-0.39, 0.29) is 18.4 Å². The van der Waals surface area contributed by atoms with Crippen LogP contribution in [0.3, 0.4) is 0 Å². The highest BCUT2D eigenvalue weighted by molar-refractivity contribution is 5.91. The number of amides is 2.